The minimum Gasteiger partial charge on any atom is -0.381 e. The van der Waals surface area contributed by atoms with Crippen LogP contribution in [0.15, 0.2) is 36.7 Å². The van der Waals surface area contributed by atoms with Crippen LogP contribution in [0.3, 0.4) is 0 Å². The Bertz CT molecular complexity index is 649. The van der Waals surface area contributed by atoms with Gasteiger partial charge in [0.05, 0.1) is 18.9 Å². The Morgan fingerprint density at radius 3 is 2.70 bits per heavy atom. The second-order valence-corrected chi connectivity index (χ2v) is 6.68. The third-order valence-corrected chi connectivity index (χ3v) is 4.85. The van der Waals surface area contributed by atoms with Crippen LogP contribution < -0.4 is 5.32 Å². The van der Waals surface area contributed by atoms with Gasteiger partial charge in [-0.2, -0.15) is 0 Å². The van der Waals surface area contributed by atoms with Crippen LogP contribution in [0, 0.1) is 5.92 Å². The Kier molecular flexibility index (Phi) is 4.24. The lowest BCUT2D eigenvalue weighted by Gasteiger charge is -2.27. The summed E-state index contributed by atoms with van der Waals surface area (Å²) in [4.78, 5) is 9.14. The van der Waals surface area contributed by atoms with Crippen LogP contribution >= 0.6 is 0 Å². The molecule has 2 fully saturated rings. The maximum atomic E-state index is 5.32. The zero-order chi connectivity index (χ0) is 15.5. The Labute approximate surface area is 137 Å². The lowest BCUT2D eigenvalue weighted by atomic mass is 9.97. The normalized spacial score (nSPS) is 18.8. The summed E-state index contributed by atoms with van der Waals surface area (Å²) in [6, 6.07) is 8.94. The van der Waals surface area contributed by atoms with Gasteiger partial charge < -0.3 is 10.1 Å². The molecule has 2 aromatic heterocycles. The fraction of sp³-hybridized carbons (Fsp3) is 0.474. The Balaban J connectivity index is 1.62. The van der Waals surface area contributed by atoms with Crippen LogP contribution in [0.5, 0.6) is 0 Å². The fourth-order valence-electron chi connectivity index (χ4n) is 3.43. The summed E-state index contributed by atoms with van der Waals surface area (Å²) in [5, 5.41) is 3.70. The number of aromatic nitrogens is 2. The van der Waals surface area contributed by atoms with Crippen molar-refractivity contribution in [3.05, 3.63) is 42.2 Å². The number of rotatable bonds is 5. The molecule has 1 aliphatic carbocycles. The average Bonchev–Trinajstić information content (AvgIpc) is 3.06. The number of ether oxygens (including phenoxy) is 1. The van der Waals surface area contributed by atoms with Crippen molar-refractivity contribution in [2.75, 3.05) is 18.5 Å². The zero-order valence-corrected chi connectivity index (χ0v) is 13.4. The van der Waals surface area contributed by atoms with E-state index in [1.54, 1.807) is 6.20 Å². The van der Waals surface area contributed by atoms with Crippen LogP contribution in [0.2, 0.25) is 0 Å². The monoisotopic (exact) mass is 309 g/mol. The second kappa shape index (κ2) is 6.67. The van der Waals surface area contributed by atoms with Gasteiger partial charge in [-0.25, -0.2) is 4.98 Å². The van der Waals surface area contributed by atoms with E-state index in [1.807, 2.05) is 12.3 Å². The summed E-state index contributed by atoms with van der Waals surface area (Å²) in [5.41, 5.74) is 3.38. The Morgan fingerprint density at radius 1 is 1.13 bits per heavy atom. The van der Waals surface area contributed by atoms with Crippen LogP contribution in [-0.2, 0) is 11.2 Å². The number of hydrogen-bond acceptors (Lipinski definition) is 4. The fourth-order valence-corrected chi connectivity index (χ4v) is 3.43. The van der Waals surface area contributed by atoms with Gasteiger partial charge in [0.1, 0.15) is 5.82 Å². The van der Waals surface area contributed by atoms with Gasteiger partial charge in [-0.15, -0.1) is 0 Å². The topological polar surface area (TPSA) is 47.0 Å². The minimum absolute atomic E-state index is 0.572. The van der Waals surface area contributed by atoms with E-state index in [0.717, 1.165) is 36.7 Å². The highest BCUT2D eigenvalue weighted by Crippen LogP contribution is 2.28. The van der Waals surface area contributed by atoms with Crippen LogP contribution in [0.1, 0.15) is 31.2 Å². The van der Waals surface area contributed by atoms with Crippen LogP contribution in [-0.4, -0.2) is 29.2 Å². The third kappa shape index (κ3) is 3.37. The highest BCUT2D eigenvalue weighted by atomic mass is 16.5. The molecule has 4 heteroatoms. The molecule has 2 aliphatic rings. The van der Waals surface area contributed by atoms with Gasteiger partial charge in [0.15, 0.2) is 0 Å². The molecule has 0 atom stereocenters. The number of nitrogens with zero attached hydrogens (tertiary/aromatic N) is 2. The summed E-state index contributed by atoms with van der Waals surface area (Å²) >= 11 is 0. The first-order chi connectivity index (χ1) is 11.4. The van der Waals surface area contributed by atoms with Crippen molar-refractivity contribution in [2.24, 2.45) is 5.92 Å². The summed E-state index contributed by atoms with van der Waals surface area (Å²) in [5.74, 6) is 1.70. The minimum atomic E-state index is 0.572. The number of pyridine rings is 2. The molecular weight excluding hydrogens is 286 g/mol. The molecule has 120 valence electrons. The van der Waals surface area contributed by atoms with E-state index in [-0.39, 0.29) is 0 Å². The van der Waals surface area contributed by atoms with Crippen molar-refractivity contribution in [2.45, 2.75) is 38.1 Å². The molecule has 4 rings (SSSR count). The number of hydrogen-bond donors (Lipinski definition) is 1. The molecule has 0 aromatic carbocycles. The molecule has 0 spiro atoms. The molecule has 0 unspecified atom stereocenters. The summed E-state index contributed by atoms with van der Waals surface area (Å²) in [6.07, 6.45) is 9.88. The largest absolute Gasteiger partial charge is 0.381 e. The van der Waals surface area contributed by atoms with Gasteiger partial charge >= 0.3 is 0 Å². The molecule has 1 saturated heterocycles. The molecule has 0 bridgehead atoms. The molecule has 4 nitrogen and oxygen atoms in total. The van der Waals surface area contributed by atoms with Crippen molar-refractivity contribution in [1.82, 2.24) is 9.97 Å². The lowest BCUT2D eigenvalue weighted by molar-refractivity contribution is -0.0311. The van der Waals surface area contributed by atoms with E-state index in [4.69, 9.17) is 9.72 Å². The predicted octanol–water partition coefficient (Wildman–Crippen LogP) is 3.69. The molecular formula is C19H23N3O. The number of anilines is 1. The molecule has 23 heavy (non-hydrogen) atoms. The smallest absolute Gasteiger partial charge is 0.130 e. The first-order valence-corrected chi connectivity index (χ1v) is 8.63. The van der Waals surface area contributed by atoms with E-state index >= 15 is 0 Å². The maximum Gasteiger partial charge on any atom is 0.130 e. The summed E-state index contributed by atoms with van der Waals surface area (Å²) in [6.45, 7) is 1.76. The van der Waals surface area contributed by atoms with E-state index in [0.29, 0.717) is 12.0 Å². The molecule has 1 saturated carbocycles. The molecule has 2 aromatic rings. The SMILES string of the molecule is c1cncc(-c2ccc(CC3COC3)c(NC3CCCC3)n2)c1. The Morgan fingerprint density at radius 2 is 2.00 bits per heavy atom. The lowest BCUT2D eigenvalue weighted by Crippen LogP contribution is -2.30. The van der Waals surface area contributed by atoms with Crippen molar-refractivity contribution >= 4 is 5.82 Å². The maximum absolute atomic E-state index is 5.32. The standard InChI is InChI=1S/C19H23N3O/c1-2-6-17(5-1)21-19-15(10-14-12-23-13-14)7-8-18(22-19)16-4-3-9-20-11-16/h3-4,7-9,11,14,17H,1-2,5-6,10,12-13H2,(H,21,22). The van der Waals surface area contributed by atoms with Gasteiger partial charge in [0, 0.05) is 29.9 Å². The van der Waals surface area contributed by atoms with Crippen LogP contribution in [0.4, 0.5) is 5.82 Å². The quantitative estimate of drug-likeness (QED) is 0.915. The summed E-state index contributed by atoms with van der Waals surface area (Å²) < 4.78 is 5.32. The van der Waals surface area contributed by atoms with Crippen LogP contribution in [0.25, 0.3) is 11.3 Å². The van der Waals surface area contributed by atoms with Crippen molar-refractivity contribution in [1.29, 1.82) is 0 Å². The first kappa shape index (κ1) is 14.6. The Hall–Kier alpha value is -1.94. The van der Waals surface area contributed by atoms with Gasteiger partial charge in [-0.3, -0.25) is 4.98 Å². The first-order valence-electron chi connectivity index (χ1n) is 8.63. The van der Waals surface area contributed by atoms with Gasteiger partial charge in [-0.05, 0) is 43.0 Å². The molecule has 3 heterocycles. The van der Waals surface area contributed by atoms with E-state index in [9.17, 15) is 0 Å². The van der Waals surface area contributed by atoms with E-state index in [1.165, 1.54) is 31.2 Å². The van der Waals surface area contributed by atoms with E-state index < -0.39 is 0 Å². The van der Waals surface area contributed by atoms with Gasteiger partial charge in [-0.1, -0.05) is 18.9 Å². The molecule has 1 N–H and O–H groups in total. The average molecular weight is 309 g/mol. The predicted molar refractivity (Wildman–Crippen MR) is 91.4 cm³/mol. The zero-order valence-electron chi connectivity index (χ0n) is 13.4. The van der Waals surface area contributed by atoms with Gasteiger partial charge in [0.25, 0.3) is 0 Å². The van der Waals surface area contributed by atoms with E-state index in [2.05, 4.69) is 28.5 Å². The molecule has 0 amide bonds. The number of nitrogens with one attached hydrogen (secondary N) is 1. The summed E-state index contributed by atoms with van der Waals surface area (Å²) in [7, 11) is 0. The highest BCUT2D eigenvalue weighted by molar-refractivity contribution is 5.62. The molecule has 0 radical (unpaired) electrons. The van der Waals surface area contributed by atoms with Gasteiger partial charge in [0.2, 0.25) is 0 Å². The van der Waals surface area contributed by atoms with Crippen molar-refractivity contribution in [3.63, 3.8) is 0 Å². The highest BCUT2D eigenvalue weighted by Gasteiger charge is 2.22. The van der Waals surface area contributed by atoms with Crippen molar-refractivity contribution < 1.29 is 4.74 Å². The third-order valence-electron chi connectivity index (χ3n) is 4.85. The van der Waals surface area contributed by atoms with Crippen molar-refractivity contribution in [3.8, 4) is 11.3 Å². The molecule has 1 aliphatic heterocycles. The second-order valence-electron chi connectivity index (χ2n) is 6.68.